The monoisotopic (exact) mass is 276 g/mol. The molecule has 0 aliphatic carbocycles. The summed E-state index contributed by atoms with van der Waals surface area (Å²) in [4.78, 5) is 25.7. The van der Waals surface area contributed by atoms with Crippen molar-refractivity contribution in [2.45, 2.75) is 40.0 Å². The second kappa shape index (κ2) is 8.35. The topological polar surface area (TPSA) is 49.4 Å². The normalized spacial score (nSPS) is 10.2. The SMILES string of the molecule is CCCCC(=O)Nc1cccc(C(=O)N(CC)CC)c1. The molecule has 0 heterocycles. The smallest absolute Gasteiger partial charge is 0.253 e. The van der Waals surface area contributed by atoms with Crippen molar-refractivity contribution in [2.24, 2.45) is 0 Å². The Morgan fingerprint density at radius 3 is 2.45 bits per heavy atom. The zero-order valence-electron chi connectivity index (χ0n) is 12.6. The van der Waals surface area contributed by atoms with Crippen molar-refractivity contribution >= 4 is 17.5 Å². The fraction of sp³-hybridized carbons (Fsp3) is 0.500. The van der Waals surface area contributed by atoms with Crippen LogP contribution in [0.2, 0.25) is 0 Å². The van der Waals surface area contributed by atoms with E-state index in [9.17, 15) is 9.59 Å². The summed E-state index contributed by atoms with van der Waals surface area (Å²) in [5.41, 5.74) is 1.30. The molecule has 0 saturated heterocycles. The molecular weight excluding hydrogens is 252 g/mol. The molecule has 20 heavy (non-hydrogen) atoms. The third-order valence-corrected chi connectivity index (χ3v) is 3.20. The van der Waals surface area contributed by atoms with Crippen molar-refractivity contribution in [3.63, 3.8) is 0 Å². The average Bonchev–Trinajstić information content (AvgIpc) is 2.46. The summed E-state index contributed by atoms with van der Waals surface area (Å²) >= 11 is 0. The third-order valence-electron chi connectivity index (χ3n) is 3.20. The van der Waals surface area contributed by atoms with E-state index in [1.54, 1.807) is 23.1 Å². The second-order valence-corrected chi connectivity index (χ2v) is 4.71. The molecule has 0 saturated carbocycles. The summed E-state index contributed by atoms with van der Waals surface area (Å²) < 4.78 is 0. The summed E-state index contributed by atoms with van der Waals surface area (Å²) in [5, 5.41) is 2.84. The number of carbonyl (C=O) groups is 2. The van der Waals surface area contributed by atoms with Gasteiger partial charge in [-0.15, -0.1) is 0 Å². The zero-order valence-corrected chi connectivity index (χ0v) is 12.6. The highest BCUT2D eigenvalue weighted by molar-refractivity contribution is 5.97. The Morgan fingerprint density at radius 1 is 1.15 bits per heavy atom. The van der Waals surface area contributed by atoms with Crippen molar-refractivity contribution in [3.8, 4) is 0 Å². The molecule has 0 aromatic heterocycles. The number of hydrogen-bond acceptors (Lipinski definition) is 2. The molecule has 0 unspecified atom stereocenters. The van der Waals surface area contributed by atoms with Crippen LogP contribution >= 0.6 is 0 Å². The van der Waals surface area contributed by atoms with E-state index in [0.29, 0.717) is 30.8 Å². The molecule has 1 aromatic carbocycles. The van der Waals surface area contributed by atoms with Crippen LogP contribution < -0.4 is 5.32 Å². The molecule has 0 aliphatic rings. The summed E-state index contributed by atoms with van der Waals surface area (Å²) in [6.45, 7) is 7.33. The maximum Gasteiger partial charge on any atom is 0.253 e. The minimum absolute atomic E-state index is 0.000317. The van der Waals surface area contributed by atoms with Gasteiger partial charge in [-0.05, 0) is 38.5 Å². The van der Waals surface area contributed by atoms with Gasteiger partial charge in [-0.3, -0.25) is 9.59 Å². The van der Waals surface area contributed by atoms with Crippen molar-refractivity contribution in [2.75, 3.05) is 18.4 Å². The van der Waals surface area contributed by atoms with Crippen LogP contribution in [-0.2, 0) is 4.79 Å². The number of hydrogen-bond donors (Lipinski definition) is 1. The summed E-state index contributed by atoms with van der Waals surface area (Å²) in [6, 6.07) is 7.13. The fourth-order valence-electron chi connectivity index (χ4n) is 1.98. The van der Waals surface area contributed by atoms with E-state index in [0.717, 1.165) is 12.8 Å². The van der Waals surface area contributed by atoms with Crippen molar-refractivity contribution < 1.29 is 9.59 Å². The summed E-state index contributed by atoms with van der Waals surface area (Å²) in [6.07, 6.45) is 2.39. The van der Waals surface area contributed by atoms with Gasteiger partial charge in [-0.25, -0.2) is 0 Å². The minimum atomic E-state index is -0.000659. The van der Waals surface area contributed by atoms with Gasteiger partial charge in [0.2, 0.25) is 5.91 Å². The van der Waals surface area contributed by atoms with E-state index in [1.165, 1.54) is 0 Å². The first-order chi connectivity index (χ1) is 9.62. The molecule has 0 atom stereocenters. The summed E-state index contributed by atoms with van der Waals surface area (Å²) in [5.74, 6) is -0.000977. The third kappa shape index (κ3) is 4.68. The van der Waals surface area contributed by atoms with E-state index in [4.69, 9.17) is 0 Å². The minimum Gasteiger partial charge on any atom is -0.339 e. The quantitative estimate of drug-likeness (QED) is 0.830. The van der Waals surface area contributed by atoms with Crippen LogP contribution in [-0.4, -0.2) is 29.8 Å². The molecule has 110 valence electrons. The molecule has 2 amide bonds. The number of nitrogens with zero attached hydrogens (tertiary/aromatic N) is 1. The molecule has 0 fully saturated rings. The molecule has 1 rings (SSSR count). The molecule has 1 aromatic rings. The van der Waals surface area contributed by atoms with Crippen LogP contribution in [0.3, 0.4) is 0 Å². The average molecular weight is 276 g/mol. The Morgan fingerprint density at radius 2 is 1.85 bits per heavy atom. The number of rotatable bonds is 7. The van der Waals surface area contributed by atoms with Gasteiger partial charge >= 0.3 is 0 Å². The van der Waals surface area contributed by atoms with Crippen molar-refractivity contribution in [3.05, 3.63) is 29.8 Å². The van der Waals surface area contributed by atoms with Crippen LogP contribution in [0, 0.1) is 0 Å². The highest BCUT2D eigenvalue weighted by atomic mass is 16.2. The lowest BCUT2D eigenvalue weighted by Gasteiger charge is -2.19. The van der Waals surface area contributed by atoms with E-state index in [-0.39, 0.29) is 11.8 Å². The largest absolute Gasteiger partial charge is 0.339 e. The van der Waals surface area contributed by atoms with Gasteiger partial charge in [0, 0.05) is 30.8 Å². The Kier molecular flexibility index (Phi) is 6.77. The summed E-state index contributed by atoms with van der Waals surface area (Å²) in [7, 11) is 0. The fourth-order valence-corrected chi connectivity index (χ4v) is 1.98. The predicted molar refractivity (Wildman–Crippen MR) is 81.8 cm³/mol. The highest BCUT2D eigenvalue weighted by Gasteiger charge is 2.13. The molecule has 0 aliphatic heterocycles. The van der Waals surface area contributed by atoms with E-state index in [2.05, 4.69) is 12.2 Å². The van der Waals surface area contributed by atoms with Crippen LogP contribution in [0.25, 0.3) is 0 Å². The maximum absolute atomic E-state index is 12.2. The second-order valence-electron chi connectivity index (χ2n) is 4.71. The zero-order chi connectivity index (χ0) is 15.0. The van der Waals surface area contributed by atoms with Crippen LogP contribution in [0.1, 0.15) is 50.4 Å². The van der Waals surface area contributed by atoms with Gasteiger partial charge in [0.1, 0.15) is 0 Å². The molecule has 4 heteroatoms. The highest BCUT2D eigenvalue weighted by Crippen LogP contribution is 2.13. The maximum atomic E-state index is 12.2. The Hall–Kier alpha value is -1.84. The lowest BCUT2D eigenvalue weighted by molar-refractivity contribution is -0.116. The van der Waals surface area contributed by atoms with Gasteiger partial charge in [0.05, 0.1) is 0 Å². The molecule has 0 bridgehead atoms. The van der Waals surface area contributed by atoms with Crippen LogP contribution in [0.4, 0.5) is 5.69 Å². The Labute approximate surface area is 121 Å². The molecule has 0 radical (unpaired) electrons. The van der Waals surface area contributed by atoms with Crippen molar-refractivity contribution in [1.82, 2.24) is 4.90 Å². The number of unbranched alkanes of at least 4 members (excludes halogenated alkanes) is 1. The number of nitrogens with one attached hydrogen (secondary N) is 1. The first-order valence-electron chi connectivity index (χ1n) is 7.31. The first-order valence-corrected chi connectivity index (χ1v) is 7.31. The van der Waals surface area contributed by atoms with Gasteiger partial charge in [0.25, 0.3) is 5.91 Å². The Bertz CT molecular complexity index is 454. The molecule has 1 N–H and O–H groups in total. The van der Waals surface area contributed by atoms with Crippen LogP contribution in [0.5, 0.6) is 0 Å². The standard InChI is InChI=1S/C16H24N2O2/c1-4-7-11-15(19)17-14-10-8-9-13(12-14)16(20)18(5-2)6-3/h8-10,12H,4-7,11H2,1-3H3,(H,17,19). The van der Waals surface area contributed by atoms with E-state index in [1.807, 2.05) is 19.9 Å². The van der Waals surface area contributed by atoms with E-state index >= 15 is 0 Å². The lowest BCUT2D eigenvalue weighted by atomic mass is 10.1. The molecule has 0 spiro atoms. The number of amides is 2. The van der Waals surface area contributed by atoms with Crippen LogP contribution in [0.15, 0.2) is 24.3 Å². The lowest BCUT2D eigenvalue weighted by Crippen LogP contribution is -2.30. The number of carbonyl (C=O) groups excluding carboxylic acids is 2. The first kappa shape index (κ1) is 16.2. The van der Waals surface area contributed by atoms with Gasteiger partial charge in [-0.2, -0.15) is 0 Å². The van der Waals surface area contributed by atoms with Crippen molar-refractivity contribution in [1.29, 1.82) is 0 Å². The van der Waals surface area contributed by atoms with Gasteiger partial charge in [-0.1, -0.05) is 19.4 Å². The predicted octanol–water partition coefficient (Wildman–Crippen LogP) is 3.30. The Balaban J connectivity index is 2.75. The number of benzene rings is 1. The van der Waals surface area contributed by atoms with Gasteiger partial charge in [0.15, 0.2) is 0 Å². The molecular formula is C16H24N2O2. The molecule has 4 nitrogen and oxygen atoms in total. The van der Waals surface area contributed by atoms with Gasteiger partial charge < -0.3 is 10.2 Å². The number of anilines is 1. The van der Waals surface area contributed by atoms with E-state index < -0.39 is 0 Å².